The summed E-state index contributed by atoms with van der Waals surface area (Å²) < 4.78 is 5.78. The van der Waals surface area contributed by atoms with Crippen LogP contribution in [0.2, 0.25) is 0 Å². The van der Waals surface area contributed by atoms with Crippen LogP contribution in [0.4, 0.5) is 5.69 Å². The number of piperazine rings is 1. The predicted octanol–water partition coefficient (Wildman–Crippen LogP) is 1.49. The molecule has 2 saturated heterocycles. The number of rotatable bonds is 2. The third kappa shape index (κ3) is 2.73. The largest absolute Gasteiger partial charge is 0.374 e. The molecule has 3 rings (SSSR count). The monoisotopic (exact) mass is 257 g/mol. The Balaban J connectivity index is 1.62. The number of hydrogen-bond donors (Lipinski definition) is 0. The van der Waals surface area contributed by atoms with E-state index in [0.29, 0.717) is 12.5 Å². The summed E-state index contributed by atoms with van der Waals surface area (Å²) in [6, 6.07) is 13.2. The average molecular weight is 257 g/mol. The van der Waals surface area contributed by atoms with E-state index in [1.165, 1.54) is 5.69 Å². The molecule has 0 N–H and O–H groups in total. The maximum absolute atomic E-state index is 8.75. The maximum atomic E-state index is 8.75. The van der Waals surface area contributed by atoms with Gasteiger partial charge in [0.2, 0.25) is 0 Å². The van der Waals surface area contributed by atoms with Crippen molar-refractivity contribution in [3.63, 3.8) is 0 Å². The van der Waals surface area contributed by atoms with E-state index in [2.05, 4.69) is 46.2 Å². The van der Waals surface area contributed by atoms with Crippen molar-refractivity contribution in [1.82, 2.24) is 4.90 Å². The van der Waals surface area contributed by atoms with Gasteiger partial charge in [0.15, 0.2) is 0 Å². The summed E-state index contributed by atoms with van der Waals surface area (Å²) in [6.45, 7) is 4.78. The van der Waals surface area contributed by atoms with Gasteiger partial charge in [-0.25, -0.2) is 0 Å². The first kappa shape index (κ1) is 12.5. The molecule has 0 aliphatic carbocycles. The van der Waals surface area contributed by atoms with E-state index in [1.807, 2.05) is 0 Å². The van der Waals surface area contributed by atoms with Crippen LogP contribution in [0.5, 0.6) is 0 Å². The molecule has 2 fully saturated rings. The van der Waals surface area contributed by atoms with Crippen molar-refractivity contribution < 1.29 is 4.74 Å². The van der Waals surface area contributed by atoms with Gasteiger partial charge in [-0.2, -0.15) is 5.26 Å². The van der Waals surface area contributed by atoms with Gasteiger partial charge in [0, 0.05) is 31.9 Å². The van der Waals surface area contributed by atoms with E-state index < -0.39 is 0 Å². The minimum atomic E-state index is 0.101. The van der Waals surface area contributed by atoms with E-state index in [1.54, 1.807) is 0 Å². The molecule has 100 valence electrons. The minimum Gasteiger partial charge on any atom is -0.374 e. The Morgan fingerprint density at radius 1 is 1.21 bits per heavy atom. The number of morpholine rings is 1. The topological polar surface area (TPSA) is 39.5 Å². The van der Waals surface area contributed by atoms with Crippen LogP contribution in [0.3, 0.4) is 0 Å². The third-order valence-electron chi connectivity index (χ3n) is 4.01. The van der Waals surface area contributed by atoms with Crippen molar-refractivity contribution >= 4 is 5.69 Å². The Bertz CT molecular complexity index is 456. The zero-order valence-corrected chi connectivity index (χ0v) is 11.0. The molecular formula is C15H19N3O. The van der Waals surface area contributed by atoms with Crippen LogP contribution in [-0.4, -0.2) is 49.8 Å². The Hall–Kier alpha value is -1.57. The lowest BCUT2D eigenvalue weighted by Gasteiger charge is -2.46. The Kier molecular flexibility index (Phi) is 3.67. The van der Waals surface area contributed by atoms with Gasteiger partial charge in [-0.15, -0.1) is 0 Å². The SMILES string of the molecule is N#CCC1CN2CCN(c3ccccc3)C[C@@H]2CO1. The molecule has 0 aromatic heterocycles. The third-order valence-corrected chi connectivity index (χ3v) is 4.01. The predicted molar refractivity (Wildman–Crippen MR) is 74.0 cm³/mol. The summed E-state index contributed by atoms with van der Waals surface area (Å²) in [5.74, 6) is 0. The maximum Gasteiger partial charge on any atom is 0.0832 e. The van der Waals surface area contributed by atoms with E-state index >= 15 is 0 Å². The quantitative estimate of drug-likeness (QED) is 0.804. The first-order chi connectivity index (χ1) is 9.36. The van der Waals surface area contributed by atoms with Gasteiger partial charge in [-0.05, 0) is 12.1 Å². The van der Waals surface area contributed by atoms with Gasteiger partial charge in [-0.1, -0.05) is 18.2 Å². The normalized spacial score (nSPS) is 27.6. The number of nitriles is 1. The summed E-state index contributed by atoms with van der Waals surface area (Å²) in [4.78, 5) is 4.90. The molecule has 19 heavy (non-hydrogen) atoms. The lowest BCUT2D eigenvalue weighted by Crippen LogP contribution is -2.60. The Morgan fingerprint density at radius 2 is 2.05 bits per heavy atom. The zero-order valence-electron chi connectivity index (χ0n) is 11.0. The van der Waals surface area contributed by atoms with Gasteiger partial charge < -0.3 is 9.64 Å². The fourth-order valence-corrected chi connectivity index (χ4v) is 2.95. The fourth-order valence-electron chi connectivity index (χ4n) is 2.95. The summed E-state index contributed by atoms with van der Waals surface area (Å²) in [5.41, 5.74) is 1.29. The number of fused-ring (bicyclic) bond motifs is 1. The van der Waals surface area contributed by atoms with E-state index in [-0.39, 0.29) is 6.10 Å². The molecule has 1 aromatic carbocycles. The molecule has 0 amide bonds. The molecule has 4 nitrogen and oxygen atoms in total. The van der Waals surface area contributed by atoms with Gasteiger partial charge in [0.05, 0.1) is 31.2 Å². The highest BCUT2D eigenvalue weighted by Crippen LogP contribution is 2.22. The Morgan fingerprint density at radius 3 is 2.84 bits per heavy atom. The number of para-hydroxylation sites is 1. The smallest absolute Gasteiger partial charge is 0.0832 e. The van der Waals surface area contributed by atoms with Gasteiger partial charge in [0.25, 0.3) is 0 Å². The fraction of sp³-hybridized carbons (Fsp3) is 0.533. The Labute approximate surface area is 114 Å². The molecule has 2 aliphatic heterocycles. The van der Waals surface area contributed by atoms with Crippen LogP contribution >= 0.6 is 0 Å². The molecule has 0 spiro atoms. The number of ether oxygens (including phenoxy) is 1. The molecule has 2 heterocycles. The molecular weight excluding hydrogens is 238 g/mol. The molecule has 4 heteroatoms. The first-order valence-corrected chi connectivity index (χ1v) is 6.89. The van der Waals surface area contributed by atoms with E-state index in [9.17, 15) is 0 Å². The molecule has 1 unspecified atom stereocenters. The van der Waals surface area contributed by atoms with Crippen molar-refractivity contribution in [3.05, 3.63) is 30.3 Å². The van der Waals surface area contributed by atoms with Crippen molar-refractivity contribution in [1.29, 1.82) is 5.26 Å². The minimum absolute atomic E-state index is 0.101. The highest BCUT2D eigenvalue weighted by atomic mass is 16.5. The van der Waals surface area contributed by atoms with Crippen LogP contribution < -0.4 is 4.90 Å². The second-order valence-electron chi connectivity index (χ2n) is 5.25. The summed E-state index contributed by atoms with van der Waals surface area (Å²) in [6.07, 6.45) is 0.607. The summed E-state index contributed by atoms with van der Waals surface area (Å²) in [7, 11) is 0. The zero-order chi connectivity index (χ0) is 13.1. The van der Waals surface area contributed by atoms with Crippen LogP contribution in [-0.2, 0) is 4.74 Å². The molecule has 2 aliphatic rings. The second-order valence-corrected chi connectivity index (χ2v) is 5.25. The van der Waals surface area contributed by atoms with Gasteiger partial charge >= 0.3 is 0 Å². The second kappa shape index (κ2) is 5.60. The summed E-state index contributed by atoms with van der Waals surface area (Å²) >= 11 is 0. The first-order valence-electron chi connectivity index (χ1n) is 6.89. The van der Waals surface area contributed by atoms with Crippen molar-refractivity contribution in [2.24, 2.45) is 0 Å². The highest BCUT2D eigenvalue weighted by Gasteiger charge is 2.33. The molecule has 1 aromatic rings. The van der Waals surface area contributed by atoms with Crippen molar-refractivity contribution in [2.45, 2.75) is 18.6 Å². The van der Waals surface area contributed by atoms with E-state index in [4.69, 9.17) is 10.00 Å². The van der Waals surface area contributed by atoms with E-state index in [0.717, 1.165) is 32.8 Å². The molecule has 0 saturated carbocycles. The van der Waals surface area contributed by atoms with Gasteiger partial charge in [0.1, 0.15) is 0 Å². The van der Waals surface area contributed by atoms with Crippen LogP contribution in [0.1, 0.15) is 6.42 Å². The molecule has 2 atom stereocenters. The number of anilines is 1. The number of hydrogen-bond acceptors (Lipinski definition) is 4. The standard InChI is InChI=1S/C15H19N3O/c16-7-6-15-11-18-9-8-17(10-14(18)12-19-15)13-4-2-1-3-5-13/h1-5,14-15H,6,8-12H2/t14-,15?/m1/s1. The lowest BCUT2D eigenvalue weighted by atomic mass is 10.1. The lowest BCUT2D eigenvalue weighted by molar-refractivity contribution is -0.0637. The highest BCUT2D eigenvalue weighted by molar-refractivity contribution is 5.46. The summed E-state index contributed by atoms with van der Waals surface area (Å²) in [5, 5.41) is 8.75. The van der Waals surface area contributed by atoms with Crippen molar-refractivity contribution in [2.75, 3.05) is 37.7 Å². The number of benzene rings is 1. The van der Waals surface area contributed by atoms with Crippen LogP contribution in [0, 0.1) is 11.3 Å². The van der Waals surface area contributed by atoms with Gasteiger partial charge in [-0.3, -0.25) is 4.90 Å². The van der Waals surface area contributed by atoms with Crippen LogP contribution in [0.15, 0.2) is 30.3 Å². The van der Waals surface area contributed by atoms with Crippen molar-refractivity contribution in [3.8, 4) is 6.07 Å². The molecule has 0 bridgehead atoms. The number of nitrogens with zero attached hydrogens (tertiary/aromatic N) is 3. The van der Waals surface area contributed by atoms with Crippen LogP contribution in [0.25, 0.3) is 0 Å². The average Bonchev–Trinajstić information content (AvgIpc) is 2.48. The molecule has 0 radical (unpaired) electrons.